The molecule has 0 radical (unpaired) electrons. The maximum absolute atomic E-state index is 8.76. The molecular formula is C9H19NOS. The Labute approximate surface area is 80.7 Å². The van der Waals surface area contributed by atoms with Crippen molar-refractivity contribution in [2.75, 3.05) is 25.4 Å². The highest BCUT2D eigenvalue weighted by Crippen LogP contribution is 1.97. The molecule has 0 aromatic heterocycles. The molecule has 0 aliphatic carbocycles. The summed E-state index contributed by atoms with van der Waals surface area (Å²) in [4.78, 5) is 2.21. The summed E-state index contributed by atoms with van der Waals surface area (Å²) >= 11 is 4.07. The Bertz CT molecular complexity index is 126. The van der Waals surface area contributed by atoms with E-state index in [1.165, 1.54) is 0 Å². The molecule has 0 saturated carbocycles. The van der Waals surface area contributed by atoms with Crippen LogP contribution in [0.4, 0.5) is 0 Å². The van der Waals surface area contributed by atoms with Crippen LogP contribution >= 0.6 is 12.6 Å². The molecule has 0 aromatic rings. The summed E-state index contributed by atoms with van der Waals surface area (Å²) in [5.41, 5.74) is 0. The average Bonchev–Trinajstić information content (AvgIpc) is 2.03. The van der Waals surface area contributed by atoms with Crippen LogP contribution in [-0.4, -0.2) is 41.5 Å². The van der Waals surface area contributed by atoms with Gasteiger partial charge in [-0.1, -0.05) is 12.2 Å². The standard InChI is InChI=1S/C9H19NOS/c1-9(2)10(6-7-11)5-3-4-8-12/h3-4,9,11-12H,5-8H2,1-2H3. The molecule has 1 N–H and O–H groups in total. The van der Waals surface area contributed by atoms with E-state index < -0.39 is 0 Å². The van der Waals surface area contributed by atoms with E-state index in [-0.39, 0.29) is 6.61 Å². The molecule has 0 amide bonds. The highest BCUT2D eigenvalue weighted by Gasteiger charge is 2.05. The normalized spacial score (nSPS) is 12.2. The van der Waals surface area contributed by atoms with Crippen LogP contribution in [0.3, 0.4) is 0 Å². The predicted molar refractivity (Wildman–Crippen MR) is 56.8 cm³/mol. The zero-order valence-corrected chi connectivity index (χ0v) is 8.80. The second-order valence-electron chi connectivity index (χ2n) is 2.97. The largest absolute Gasteiger partial charge is 0.395 e. The minimum absolute atomic E-state index is 0.229. The zero-order chi connectivity index (χ0) is 9.40. The lowest BCUT2D eigenvalue weighted by Crippen LogP contribution is -2.33. The van der Waals surface area contributed by atoms with Crippen molar-refractivity contribution in [1.82, 2.24) is 4.90 Å². The Kier molecular flexibility index (Phi) is 7.65. The molecule has 0 unspecified atom stereocenters. The topological polar surface area (TPSA) is 23.5 Å². The Hall–Kier alpha value is 0.01000. The van der Waals surface area contributed by atoms with Crippen molar-refractivity contribution in [2.45, 2.75) is 19.9 Å². The molecule has 0 fully saturated rings. The molecule has 0 saturated heterocycles. The van der Waals surface area contributed by atoms with Gasteiger partial charge in [0.25, 0.3) is 0 Å². The third kappa shape index (κ3) is 5.63. The number of nitrogens with zero attached hydrogens (tertiary/aromatic N) is 1. The number of aliphatic hydroxyl groups is 1. The summed E-state index contributed by atoms with van der Waals surface area (Å²) in [5, 5.41) is 8.76. The molecule has 2 nitrogen and oxygen atoms in total. The van der Waals surface area contributed by atoms with Crippen LogP contribution in [0.25, 0.3) is 0 Å². The molecule has 72 valence electrons. The lowest BCUT2D eigenvalue weighted by molar-refractivity contribution is 0.180. The number of aliphatic hydroxyl groups excluding tert-OH is 1. The Balaban J connectivity index is 3.70. The molecular weight excluding hydrogens is 170 g/mol. The van der Waals surface area contributed by atoms with Gasteiger partial charge in [-0.3, -0.25) is 4.90 Å². The van der Waals surface area contributed by atoms with E-state index in [4.69, 9.17) is 5.11 Å². The van der Waals surface area contributed by atoms with E-state index in [0.717, 1.165) is 18.8 Å². The van der Waals surface area contributed by atoms with Gasteiger partial charge in [0.05, 0.1) is 6.61 Å². The first-order valence-corrected chi connectivity index (χ1v) is 4.96. The third-order valence-corrected chi connectivity index (χ3v) is 1.94. The molecule has 3 heteroatoms. The SMILES string of the molecule is CC(C)N(CC=CCS)CCO. The zero-order valence-electron chi connectivity index (χ0n) is 7.90. The Morgan fingerprint density at radius 2 is 2.08 bits per heavy atom. The van der Waals surface area contributed by atoms with E-state index in [2.05, 4.69) is 37.5 Å². The van der Waals surface area contributed by atoms with Gasteiger partial charge in [0, 0.05) is 24.9 Å². The van der Waals surface area contributed by atoms with Crippen LogP contribution in [0, 0.1) is 0 Å². The van der Waals surface area contributed by atoms with E-state index in [0.29, 0.717) is 6.04 Å². The summed E-state index contributed by atoms with van der Waals surface area (Å²) in [5.74, 6) is 0.783. The predicted octanol–water partition coefficient (Wildman–Crippen LogP) is 1.18. The molecule has 0 atom stereocenters. The molecule has 0 aliphatic rings. The van der Waals surface area contributed by atoms with Crippen LogP contribution in [-0.2, 0) is 0 Å². The maximum atomic E-state index is 8.76. The van der Waals surface area contributed by atoms with Crippen LogP contribution < -0.4 is 0 Å². The van der Waals surface area contributed by atoms with Crippen molar-refractivity contribution in [3.05, 3.63) is 12.2 Å². The summed E-state index contributed by atoms with van der Waals surface area (Å²) < 4.78 is 0. The lowest BCUT2D eigenvalue weighted by atomic mass is 10.3. The summed E-state index contributed by atoms with van der Waals surface area (Å²) in [7, 11) is 0. The molecule has 0 heterocycles. The van der Waals surface area contributed by atoms with Gasteiger partial charge < -0.3 is 5.11 Å². The van der Waals surface area contributed by atoms with Crippen molar-refractivity contribution in [1.29, 1.82) is 0 Å². The maximum Gasteiger partial charge on any atom is 0.0558 e. The second-order valence-corrected chi connectivity index (χ2v) is 3.33. The van der Waals surface area contributed by atoms with Gasteiger partial charge in [0.15, 0.2) is 0 Å². The van der Waals surface area contributed by atoms with E-state index in [1.54, 1.807) is 0 Å². The van der Waals surface area contributed by atoms with Gasteiger partial charge in [-0.05, 0) is 13.8 Å². The molecule has 0 bridgehead atoms. The van der Waals surface area contributed by atoms with Crippen LogP contribution in [0.5, 0.6) is 0 Å². The van der Waals surface area contributed by atoms with Crippen LogP contribution in [0.15, 0.2) is 12.2 Å². The fraction of sp³-hybridized carbons (Fsp3) is 0.778. The van der Waals surface area contributed by atoms with Gasteiger partial charge in [-0.15, -0.1) is 0 Å². The number of hydrogen-bond donors (Lipinski definition) is 2. The van der Waals surface area contributed by atoms with E-state index in [1.807, 2.05) is 6.08 Å². The second kappa shape index (κ2) is 7.65. The Morgan fingerprint density at radius 3 is 2.50 bits per heavy atom. The monoisotopic (exact) mass is 189 g/mol. The van der Waals surface area contributed by atoms with Crippen LogP contribution in [0.1, 0.15) is 13.8 Å². The van der Waals surface area contributed by atoms with Crippen molar-refractivity contribution in [3.8, 4) is 0 Å². The van der Waals surface area contributed by atoms with E-state index in [9.17, 15) is 0 Å². The first kappa shape index (κ1) is 12.0. The third-order valence-electron chi connectivity index (χ3n) is 1.73. The molecule has 12 heavy (non-hydrogen) atoms. The van der Waals surface area contributed by atoms with Crippen molar-refractivity contribution >= 4 is 12.6 Å². The molecule has 0 aromatic carbocycles. The average molecular weight is 189 g/mol. The summed E-state index contributed by atoms with van der Waals surface area (Å²) in [6.07, 6.45) is 4.11. The summed E-state index contributed by atoms with van der Waals surface area (Å²) in [6.45, 7) is 6.13. The lowest BCUT2D eigenvalue weighted by Gasteiger charge is -2.23. The van der Waals surface area contributed by atoms with Crippen molar-refractivity contribution in [2.24, 2.45) is 0 Å². The Morgan fingerprint density at radius 1 is 1.42 bits per heavy atom. The van der Waals surface area contributed by atoms with Gasteiger partial charge >= 0.3 is 0 Å². The first-order valence-electron chi connectivity index (χ1n) is 4.33. The fourth-order valence-electron chi connectivity index (χ4n) is 0.973. The fourth-order valence-corrected chi connectivity index (χ4v) is 1.12. The number of hydrogen-bond acceptors (Lipinski definition) is 3. The quantitative estimate of drug-likeness (QED) is 0.484. The summed E-state index contributed by atoms with van der Waals surface area (Å²) in [6, 6.07) is 0.488. The van der Waals surface area contributed by atoms with Gasteiger partial charge in [-0.25, -0.2) is 0 Å². The van der Waals surface area contributed by atoms with Gasteiger partial charge in [0.1, 0.15) is 0 Å². The minimum atomic E-state index is 0.229. The van der Waals surface area contributed by atoms with Crippen molar-refractivity contribution in [3.63, 3.8) is 0 Å². The molecule has 0 rings (SSSR count). The molecule has 0 spiro atoms. The smallest absolute Gasteiger partial charge is 0.0558 e. The van der Waals surface area contributed by atoms with Gasteiger partial charge in [0.2, 0.25) is 0 Å². The van der Waals surface area contributed by atoms with Gasteiger partial charge in [-0.2, -0.15) is 12.6 Å². The highest BCUT2D eigenvalue weighted by atomic mass is 32.1. The first-order chi connectivity index (χ1) is 5.72. The van der Waals surface area contributed by atoms with Crippen molar-refractivity contribution < 1.29 is 5.11 Å². The molecule has 0 aliphatic heterocycles. The highest BCUT2D eigenvalue weighted by molar-refractivity contribution is 7.80. The minimum Gasteiger partial charge on any atom is -0.395 e. The van der Waals surface area contributed by atoms with E-state index >= 15 is 0 Å². The number of rotatable bonds is 6. The van der Waals surface area contributed by atoms with Crippen LogP contribution in [0.2, 0.25) is 0 Å². The number of thiol groups is 1.